The Morgan fingerprint density at radius 2 is 0.891 bits per heavy atom. The van der Waals surface area contributed by atoms with Crippen LogP contribution in [0.5, 0.6) is 5.75 Å². The molecular weight excluding hydrogens is 583 g/mol. The first-order valence-corrected chi connectivity index (χ1v) is 19.6. The Morgan fingerprint density at radius 3 is 1.41 bits per heavy atom. The molecule has 3 nitrogen and oxygen atoms in total. The van der Waals surface area contributed by atoms with Crippen LogP contribution in [0.2, 0.25) is 0 Å². The predicted molar refractivity (Wildman–Crippen MR) is 199 cm³/mol. The van der Waals surface area contributed by atoms with E-state index < -0.39 is 7.94 Å². The molecule has 4 rings (SSSR count). The third-order valence-electron chi connectivity index (χ3n) is 9.01. The molecule has 2 N–H and O–H groups in total. The molecule has 0 aliphatic heterocycles. The highest BCUT2D eigenvalue weighted by atomic mass is 31.2. The monoisotopic (exact) mass is 639 g/mol. The highest BCUT2D eigenvalue weighted by Crippen LogP contribution is 2.54. The predicted octanol–water partition coefficient (Wildman–Crippen LogP) is 12.1. The molecule has 246 valence electrons. The topological polar surface area (TPSA) is 49.7 Å². The van der Waals surface area contributed by atoms with Crippen LogP contribution in [0.25, 0.3) is 22.3 Å². The van der Waals surface area contributed by atoms with E-state index in [1.54, 1.807) is 0 Å². The van der Waals surface area contributed by atoms with E-state index in [1.807, 2.05) is 60.7 Å². The van der Waals surface area contributed by atoms with Crippen LogP contribution in [0.1, 0.15) is 115 Å². The van der Waals surface area contributed by atoms with Gasteiger partial charge in [0.2, 0.25) is 0 Å². The molecule has 0 heterocycles. The fourth-order valence-electron chi connectivity index (χ4n) is 6.50. The van der Waals surface area contributed by atoms with Gasteiger partial charge < -0.3 is 0 Å². The second kappa shape index (κ2) is 19.6. The molecule has 0 fully saturated rings. The van der Waals surface area contributed by atoms with Crippen molar-refractivity contribution in [3.05, 3.63) is 108 Å². The van der Waals surface area contributed by atoms with Gasteiger partial charge in [0.1, 0.15) is 0 Å². The Kier molecular flexibility index (Phi) is 15.3. The van der Waals surface area contributed by atoms with Crippen molar-refractivity contribution < 1.29 is 14.3 Å². The first-order valence-electron chi connectivity index (χ1n) is 17.9. The summed E-state index contributed by atoms with van der Waals surface area (Å²) < 4.78 is 6.41. The second-order valence-electron chi connectivity index (χ2n) is 12.7. The van der Waals surface area contributed by atoms with Crippen LogP contribution < -0.4 is 9.83 Å². The average Bonchev–Trinajstić information content (AvgIpc) is 3.08. The van der Waals surface area contributed by atoms with Gasteiger partial charge in [0, 0.05) is 11.1 Å². The van der Waals surface area contributed by atoms with E-state index in [0.29, 0.717) is 11.1 Å². The molecular formula is C42H56O3P+. The summed E-state index contributed by atoms with van der Waals surface area (Å²) in [4.78, 5) is 23.8. The van der Waals surface area contributed by atoms with E-state index in [0.717, 1.165) is 53.5 Å². The summed E-state index contributed by atoms with van der Waals surface area (Å²) in [7, 11) is -4.02. The molecule has 4 aromatic rings. The molecule has 0 atom stereocenters. The SMILES string of the molecule is CCCCCCCCCc1cccc(O[P+](O)(O)c2cccc(CCCCCCCCC)c2-c2ccccc2)c1-c1ccccc1. The minimum Gasteiger partial charge on any atom is -0.280 e. The lowest BCUT2D eigenvalue weighted by atomic mass is 9.94. The molecule has 4 heteroatoms. The summed E-state index contributed by atoms with van der Waals surface area (Å²) in [5.74, 6) is 0.529. The van der Waals surface area contributed by atoms with Crippen molar-refractivity contribution in [1.29, 1.82) is 0 Å². The highest BCUT2D eigenvalue weighted by molar-refractivity contribution is 7.68. The third kappa shape index (κ3) is 10.8. The number of aryl methyl sites for hydroxylation is 2. The minimum atomic E-state index is -4.02. The van der Waals surface area contributed by atoms with Crippen LogP contribution in [0.3, 0.4) is 0 Å². The summed E-state index contributed by atoms with van der Waals surface area (Å²) in [5, 5.41) is 0.482. The standard InChI is InChI=1S/C42H56O3P/c1-3-5-7-9-11-13-17-25-36-31-23-33-39(41(36)35-26-19-15-20-27-35)45-46(43,44)40-34-24-32-38(28-18-14-12-10-8-6-4-2)42(40)37-29-21-16-22-30-37/h15-16,19-24,26-27,29-34,43-44H,3-14,17-18,25,28H2,1-2H3/q+1. The lowest BCUT2D eigenvalue weighted by Gasteiger charge is -2.20. The molecule has 0 aliphatic carbocycles. The molecule has 0 aliphatic rings. The van der Waals surface area contributed by atoms with Gasteiger partial charge in [-0.25, -0.2) is 0 Å². The van der Waals surface area contributed by atoms with Crippen molar-refractivity contribution in [1.82, 2.24) is 0 Å². The first kappa shape index (κ1) is 35.9. The van der Waals surface area contributed by atoms with Gasteiger partial charge >= 0.3 is 7.94 Å². The molecule has 0 radical (unpaired) electrons. The summed E-state index contributed by atoms with van der Waals surface area (Å²) in [6, 6.07) is 32.4. The fraction of sp³-hybridized carbons (Fsp3) is 0.429. The number of unbranched alkanes of at least 4 members (excludes halogenated alkanes) is 12. The van der Waals surface area contributed by atoms with Gasteiger partial charge in [-0.15, -0.1) is 0 Å². The van der Waals surface area contributed by atoms with Crippen molar-refractivity contribution >= 4 is 13.2 Å². The maximum absolute atomic E-state index is 11.9. The number of benzene rings is 4. The van der Waals surface area contributed by atoms with E-state index >= 15 is 0 Å². The summed E-state index contributed by atoms with van der Waals surface area (Å²) in [6.45, 7) is 4.51. The van der Waals surface area contributed by atoms with Gasteiger partial charge in [0.05, 0.1) is 0 Å². The van der Waals surface area contributed by atoms with Crippen molar-refractivity contribution in [3.63, 3.8) is 0 Å². The minimum absolute atomic E-state index is 0.482. The molecule has 0 saturated heterocycles. The van der Waals surface area contributed by atoms with E-state index in [9.17, 15) is 9.79 Å². The van der Waals surface area contributed by atoms with Crippen LogP contribution in [0.15, 0.2) is 97.1 Å². The van der Waals surface area contributed by atoms with Gasteiger partial charge in [-0.3, -0.25) is 4.52 Å². The van der Waals surface area contributed by atoms with Crippen LogP contribution in [-0.2, 0) is 12.8 Å². The van der Waals surface area contributed by atoms with E-state index in [-0.39, 0.29) is 0 Å². The van der Waals surface area contributed by atoms with Gasteiger partial charge in [0.15, 0.2) is 11.1 Å². The van der Waals surface area contributed by atoms with Crippen LogP contribution in [-0.4, -0.2) is 9.79 Å². The zero-order valence-corrected chi connectivity index (χ0v) is 29.2. The van der Waals surface area contributed by atoms with Crippen molar-refractivity contribution in [2.24, 2.45) is 0 Å². The first-order chi connectivity index (χ1) is 22.5. The maximum Gasteiger partial charge on any atom is 0.488 e. The Labute approximate surface area is 279 Å². The number of rotatable bonds is 21. The largest absolute Gasteiger partial charge is 0.488 e. The molecule has 0 aromatic heterocycles. The van der Waals surface area contributed by atoms with Crippen molar-refractivity contribution in [2.45, 2.75) is 117 Å². The molecule has 0 saturated carbocycles. The molecule has 0 unspecified atom stereocenters. The molecule has 4 aromatic carbocycles. The van der Waals surface area contributed by atoms with Gasteiger partial charge in [0.25, 0.3) is 0 Å². The quantitative estimate of drug-likeness (QED) is 0.0704. The van der Waals surface area contributed by atoms with Crippen molar-refractivity contribution in [3.8, 4) is 28.0 Å². The van der Waals surface area contributed by atoms with E-state index in [4.69, 9.17) is 4.52 Å². The van der Waals surface area contributed by atoms with E-state index in [1.165, 1.54) is 82.6 Å². The number of hydrogen-bond acceptors (Lipinski definition) is 3. The number of hydrogen-bond donors (Lipinski definition) is 2. The van der Waals surface area contributed by atoms with Crippen LogP contribution in [0.4, 0.5) is 0 Å². The Balaban J connectivity index is 1.60. The Bertz CT molecular complexity index is 1420. The molecule has 0 spiro atoms. The Hall–Kier alpha value is -2.97. The third-order valence-corrected chi connectivity index (χ3v) is 10.5. The zero-order chi connectivity index (χ0) is 32.5. The maximum atomic E-state index is 11.9. The lowest BCUT2D eigenvalue weighted by molar-refractivity contribution is 0.355. The molecule has 0 bridgehead atoms. The molecule has 46 heavy (non-hydrogen) atoms. The Morgan fingerprint density at radius 1 is 0.457 bits per heavy atom. The van der Waals surface area contributed by atoms with Crippen LogP contribution >= 0.6 is 7.94 Å². The van der Waals surface area contributed by atoms with Gasteiger partial charge in [-0.05, 0) is 60.1 Å². The van der Waals surface area contributed by atoms with E-state index in [2.05, 4.69) is 50.2 Å². The lowest BCUT2D eigenvalue weighted by Crippen LogP contribution is -2.20. The fourth-order valence-corrected chi connectivity index (χ4v) is 7.87. The average molecular weight is 640 g/mol. The zero-order valence-electron chi connectivity index (χ0n) is 28.3. The van der Waals surface area contributed by atoms with Gasteiger partial charge in [-0.1, -0.05) is 176 Å². The second-order valence-corrected chi connectivity index (χ2v) is 14.5. The van der Waals surface area contributed by atoms with Crippen LogP contribution in [0, 0.1) is 0 Å². The summed E-state index contributed by atoms with van der Waals surface area (Å²) >= 11 is 0. The normalized spacial score (nSPS) is 11.6. The molecule has 0 amide bonds. The summed E-state index contributed by atoms with van der Waals surface area (Å²) in [6.07, 6.45) is 19.3. The summed E-state index contributed by atoms with van der Waals surface area (Å²) in [5.41, 5.74) is 6.21. The van der Waals surface area contributed by atoms with Gasteiger partial charge in [-0.2, -0.15) is 9.79 Å². The van der Waals surface area contributed by atoms with Crippen molar-refractivity contribution in [2.75, 3.05) is 0 Å². The smallest absolute Gasteiger partial charge is 0.280 e. The highest BCUT2D eigenvalue weighted by Gasteiger charge is 2.45.